The third kappa shape index (κ3) is 5.91. The molecule has 1 aliphatic heterocycles. The Labute approximate surface area is 238 Å². The second-order valence-corrected chi connectivity index (χ2v) is 11.9. The molecule has 3 atom stereocenters. The quantitative estimate of drug-likeness (QED) is 0.277. The van der Waals surface area contributed by atoms with Crippen LogP contribution in [-0.4, -0.2) is 38.5 Å². The average Bonchev–Trinajstić information content (AvgIpc) is 3.43. The van der Waals surface area contributed by atoms with Crippen molar-refractivity contribution in [2.24, 2.45) is 5.92 Å². The van der Waals surface area contributed by atoms with Crippen LogP contribution in [0.3, 0.4) is 0 Å². The first-order valence-corrected chi connectivity index (χ1v) is 13.8. The molecule has 5 rings (SSSR count). The maximum atomic E-state index is 13.5. The largest absolute Gasteiger partial charge is 0.493 e. The van der Waals surface area contributed by atoms with Crippen LogP contribution >= 0.6 is 0 Å². The Hall–Kier alpha value is -4.36. The molecular weight excluding hydrogens is 522 g/mol. The minimum absolute atomic E-state index is 0.0257. The molecule has 1 spiro atoms. The summed E-state index contributed by atoms with van der Waals surface area (Å²) >= 11 is 0. The number of ether oxygens (including phenoxy) is 1. The zero-order valence-electron chi connectivity index (χ0n) is 23.5. The lowest BCUT2D eigenvalue weighted by atomic mass is 9.86. The molecule has 2 aromatic carbocycles. The molecule has 41 heavy (non-hydrogen) atoms. The molecule has 10 heteroatoms. The van der Waals surface area contributed by atoms with Gasteiger partial charge in [-0.2, -0.15) is 10.4 Å². The highest BCUT2D eigenvalue weighted by molar-refractivity contribution is 5.97. The van der Waals surface area contributed by atoms with Gasteiger partial charge in [0, 0.05) is 40.8 Å². The number of rotatable bonds is 9. The van der Waals surface area contributed by atoms with Crippen molar-refractivity contribution < 1.29 is 24.5 Å². The number of amides is 1. The molecule has 1 saturated carbocycles. The topological polar surface area (TPSA) is 150 Å². The second kappa shape index (κ2) is 10.9. The molecule has 1 fully saturated rings. The molecule has 2 aliphatic rings. The van der Waals surface area contributed by atoms with Crippen molar-refractivity contribution in [2.75, 3.05) is 17.2 Å². The van der Waals surface area contributed by atoms with Crippen LogP contribution in [0.25, 0.3) is 0 Å². The first-order valence-electron chi connectivity index (χ1n) is 13.8. The number of hydrogen-bond acceptors (Lipinski definition) is 7. The van der Waals surface area contributed by atoms with E-state index in [4.69, 9.17) is 9.84 Å². The number of aromatic nitrogens is 2. The summed E-state index contributed by atoms with van der Waals surface area (Å²) in [6, 6.07) is 12.8. The monoisotopic (exact) mass is 557 g/mol. The van der Waals surface area contributed by atoms with Gasteiger partial charge in [0.25, 0.3) is 0 Å². The number of carbonyl (C=O) groups excluding carboxylic acids is 1. The van der Waals surface area contributed by atoms with Crippen molar-refractivity contribution in [3.05, 3.63) is 71.0 Å². The number of aliphatic hydroxyl groups is 1. The second-order valence-electron chi connectivity index (χ2n) is 11.9. The molecule has 1 aromatic heterocycles. The normalized spacial score (nSPS) is 19.9. The van der Waals surface area contributed by atoms with E-state index in [0.29, 0.717) is 60.5 Å². The number of aliphatic hydroxyl groups excluding tert-OH is 1. The van der Waals surface area contributed by atoms with Gasteiger partial charge in [0.05, 0.1) is 35.7 Å². The fraction of sp³-hybridized carbons (Fsp3) is 0.419. The van der Waals surface area contributed by atoms with E-state index in [1.807, 2.05) is 49.8 Å². The van der Waals surface area contributed by atoms with E-state index in [-0.39, 0.29) is 23.8 Å². The summed E-state index contributed by atoms with van der Waals surface area (Å²) in [5.41, 5.74) is 3.43. The van der Waals surface area contributed by atoms with Crippen molar-refractivity contribution in [1.29, 1.82) is 5.26 Å². The molecule has 1 unspecified atom stereocenters. The highest BCUT2D eigenvalue weighted by Crippen LogP contribution is 2.61. The number of hydrogen-bond donors (Lipinski definition) is 4. The molecule has 0 bridgehead atoms. The number of anilines is 2. The first-order chi connectivity index (χ1) is 19.5. The van der Waals surface area contributed by atoms with Crippen molar-refractivity contribution in [2.45, 2.75) is 70.1 Å². The van der Waals surface area contributed by atoms with E-state index in [0.717, 1.165) is 11.1 Å². The van der Waals surface area contributed by atoms with Crippen LogP contribution in [-0.2, 0) is 27.0 Å². The van der Waals surface area contributed by atoms with E-state index in [1.54, 1.807) is 24.4 Å². The van der Waals surface area contributed by atoms with Crippen molar-refractivity contribution >= 4 is 23.3 Å². The number of carbonyl (C=O) groups is 2. The van der Waals surface area contributed by atoms with Crippen molar-refractivity contribution in [3.63, 3.8) is 0 Å². The minimum atomic E-state index is -0.981. The Morgan fingerprint density at radius 1 is 1.27 bits per heavy atom. The summed E-state index contributed by atoms with van der Waals surface area (Å²) in [6.07, 6.45) is 4.80. The predicted octanol–water partition coefficient (Wildman–Crippen LogP) is 4.70. The van der Waals surface area contributed by atoms with Crippen LogP contribution in [0.1, 0.15) is 74.9 Å². The van der Waals surface area contributed by atoms with Crippen molar-refractivity contribution in [3.8, 4) is 11.8 Å². The molecule has 1 amide bonds. The summed E-state index contributed by atoms with van der Waals surface area (Å²) in [6.45, 7) is 6.64. The van der Waals surface area contributed by atoms with Gasteiger partial charge < -0.3 is 25.6 Å². The van der Waals surface area contributed by atoms with Gasteiger partial charge in [0.15, 0.2) is 6.23 Å². The molecular formula is C31H35N5O5. The Morgan fingerprint density at radius 3 is 2.78 bits per heavy atom. The predicted molar refractivity (Wildman–Crippen MR) is 153 cm³/mol. The van der Waals surface area contributed by atoms with E-state index in [1.165, 1.54) is 0 Å². The van der Waals surface area contributed by atoms with Gasteiger partial charge in [0.1, 0.15) is 5.75 Å². The number of nitriles is 1. The molecule has 10 nitrogen and oxygen atoms in total. The minimum Gasteiger partial charge on any atom is -0.493 e. The van der Waals surface area contributed by atoms with Crippen LogP contribution in [0, 0.1) is 17.2 Å². The van der Waals surface area contributed by atoms with Crippen LogP contribution in [0.15, 0.2) is 48.8 Å². The molecule has 2 heterocycles. The van der Waals surface area contributed by atoms with Gasteiger partial charge in [-0.3, -0.25) is 14.3 Å². The molecule has 1 aliphatic carbocycles. The molecule has 4 N–H and O–H groups in total. The maximum absolute atomic E-state index is 13.5. The van der Waals surface area contributed by atoms with Gasteiger partial charge in [-0.05, 0) is 76.3 Å². The number of aliphatic carboxylic acids is 1. The third-order valence-corrected chi connectivity index (χ3v) is 7.96. The van der Waals surface area contributed by atoms with Crippen LogP contribution in [0.5, 0.6) is 5.75 Å². The van der Waals surface area contributed by atoms with E-state index in [2.05, 4.69) is 21.8 Å². The Bertz CT molecular complexity index is 1520. The summed E-state index contributed by atoms with van der Waals surface area (Å²) in [5, 5.41) is 39.9. The summed E-state index contributed by atoms with van der Waals surface area (Å²) in [4.78, 5) is 24.5. The van der Waals surface area contributed by atoms with Gasteiger partial charge in [-0.1, -0.05) is 12.1 Å². The highest BCUT2D eigenvalue weighted by Gasteiger charge is 2.61. The summed E-state index contributed by atoms with van der Waals surface area (Å²) < 4.78 is 7.75. The molecule has 0 radical (unpaired) electrons. The lowest BCUT2D eigenvalue weighted by Gasteiger charge is -2.28. The number of carboxylic acids is 1. The summed E-state index contributed by atoms with van der Waals surface area (Å²) in [7, 11) is 0. The van der Waals surface area contributed by atoms with Gasteiger partial charge in [-0.25, -0.2) is 0 Å². The first kappa shape index (κ1) is 28.2. The lowest BCUT2D eigenvalue weighted by Crippen LogP contribution is -2.27. The fourth-order valence-corrected chi connectivity index (χ4v) is 5.57. The molecule has 0 saturated heterocycles. The zero-order valence-corrected chi connectivity index (χ0v) is 23.5. The Balaban J connectivity index is 1.33. The number of fused-ring (bicyclic) bond motifs is 2. The number of aryl methyl sites for hydroxylation is 1. The Morgan fingerprint density at radius 2 is 2.07 bits per heavy atom. The number of benzene rings is 2. The molecule has 3 aromatic rings. The highest BCUT2D eigenvalue weighted by atomic mass is 16.5. The van der Waals surface area contributed by atoms with Gasteiger partial charge in [-0.15, -0.1) is 0 Å². The van der Waals surface area contributed by atoms with Gasteiger partial charge in [0.2, 0.25) is 5.91 Å². The SMILES string of the molecule is CC(C)(C)n1cc(NC(O)c2ccc3c(c2)[C@]2(CCO3)C[C@H]2C(=O)Nc2cc(C#N)ccc2CCCC(=O)O)cn1. The Kier molecular flexibility index (Phi) is 7.49. The van der Waals surface area contributed by atoms with Gasteiger partial charge >= 0.3 is 5.97 Å². The standard InChI is InChI=1S/C31H35N5O5/c1-30(2,3)36-18-22(17-33-36)34-28(39)21-9-10-26-23(14-21)31(11-12-41-26)15-24(31)29(40)35-25-13-19(16-32)7-8-20(25)5-4-6-27(37)38/h7-10,13-14,17-18,24,28,34,39H,4-6,11-12,15H2,1-3H3,(H,35,40)(H,37,38)/t24-,28?,31-/m0/s1. The van der Waals surface area contributed by atoms with Crippen LogP contribution in [0.2, 0.25) is 0 Å². The van der Waals surface area contributed by atoms with E-state index < -0.39 is 17.6 Å². The van der Waals surface area contributed by atoms with Crippen LogP contribution in [0.4, 0.5) is 11.4 Å². The molecule has 214 valence electrons. The van der Waals surface area contributed by atoms with Crippen LogP contribution < -0.4 is 15.4 Å². The third-order valence-electron chi connectivity index (χ3n) is 7.96. The number of nitrogens with zero attached hydrogens (tertiary/aromatic N) is 3. The maximum Gasteiger partial charge on any atom is 0.303 e. The van der Waals surface area contributed by atoms with Crippen molar-refractivity contribution in [1.82, 2.24) is 9.78 Å². The van der Waals surface area contributed by atoms with E-state index in [9.17, 15) is 20.0 Å². The zero-order chi connectivity index (χ0) is 29.4. The number of carboxylic acid groups (broad SMARTS) is 1. The van der Waals surface area contributed by atoms with E-state index >= 15 is 0 Å². The smallest absolute Gasteiger partial charge is 0.303 e. The lowest BCUT2D eigenvalue weighted by molar-refractivity contribution is -0.137. The summed E-state index contributed by atoms with van der Waals surface area (Å²) in [5.74, 6) is -0.606. The number of nitrogens with one attached hydrogen (secondary N) is 2. The average molecular weight is 558 g/mol. The fourth-order valence-electron chi connectivity index (χ4n) is 5.57.